The minimum absolute atomic E-state index is 0.704. The molecule has 1 fully saturated rings. The van der Waals surface area contributed by atoms with Crippen molar-refractivity contribution < 1.29 is 4.74 Å². The second kappa shape index (κ2) is 7.46. The molecule has 0 unspecified atom stereocenters. The molecule has 1 aromatic carbocycles. The monoisotopic (exact) mass is 315 g/mol. The molecule has 6 nitrogen and oxygen atoms in total. The van der Waals surface area contributed by atoms with Crippen molar-refractivity contribution in [1.29, 1.82) is 0 Å². The van der Waals surface area contributed by atoms with Gasteiger partial charge in [0.25, 0.3) is 0 Å². The highest BCUT2D eigenvalue weighted by Gasteiger charge is 2.19. The minimum Gasteiger partial charge on any atom is -0.492 e. The molecule has 2 heterocycles. The zero-order chi connectivity index (χ0) is 16.1. The number of anilines is 1. The van der Waals surface area contributed by atoms with Crippen LogP contribution < -0.4 is 9.64 Å². The Bertz CT molecular complexity index is 619. The Labute approximate surface area is 137 Å². The predicted molar refractivity (Wildman–Crippen MR) is 91.0 cm³/mol. The molecular formula is C17H25N5O. The lowest BCUT2D eigenvalue weighted by Gasteiger charge is -2.36. The van der Waals surface area contributed by atoms with Crippen LogP contribution in [-0.4, -0.2) is 59.0 Å². The second-order valence-electron chi connectivity index (χ2n) is 5.80. The highest BCUT2D eigenvalue weighted by molar-refractivity contribution is 5.58. The number of hydrogen-bond donors (Lipinski definition) is 0. The molecule has 2 aromatic rings. The highest BCUT2D eigenvalue weighted by Crippen LogP contribution is 2.28. The van der Waals surface area contributed by atoms with E-state index in [9.17, 15) is 0 Å². The van der Waals surface area contributed by atoms with Gasteiger partial charge in [0, 0.05) is 39.3 Å². The van der Waals surface area contributed by atoms with Gasteiger partial charge in [-0.05, 0) is 26.0 Å². The molecule has 1 aliphatic rings. The van der Waals surface area contributed by atoms with Gasteiger partial charge in [0.05, 0.1) is 12.3 Å². The predicted octanol–water partition coefficient (Wildman–Crippen LogP) is 1.81. The Balaban J connectivity index is 1.53. The quantitative estimate of drug-likeness (QED) is 0.813. The van der Waals surface area contributed by atoms with E-state index in [2.05, 4.69) is 42.8 Å². The van der Waals surface area contributed by atoms with E-state index in [1.165, 1.54) is 5.69 Å². The summed E-state index contributed by atoms with van der Waals surface area (Å²) in [5.41, 5.74) is 1.21. The van der Waals surface area contributed by atoms with Gasteiger partial charge in [-0.2, -0.15) is 0 Å². The van der Waals surface area contributed by atoms with Gasteiger partial charge >= 0.3 is 0 Å². The summed E-state index contributed by atoms with van der Waals surface area (Å²) in [5.74, 6) is 1.97. The number of hydrogen-bond acceptors (Lipinski definition) is 5. The number of ether oxygens (including phenoxy) is 1. The molecule has 0 spiro atoms. The summed E-state index contributed by atoms with van der Waals surface area (Å²) >= 11 is 0. The molecule has 0 aliphatic carbocycles. The van der Waals surface area contributed by atoms with Crippen LogP contribution >= 0.6 is 0 Å². The molecule has 0 amide bonds. The van der Waals surface area contributed by atoms with Crippen LogP contribution in [0.25, 0.3) is 0 Å². The Hall–Kier alpha value is -2.08. The van der Waals surface area contributed by atoms with Crippen LogP contribution in [0.5, 0.6) is 5.75 Å². The number of para-hydroxylation sites is 2. The first-order valence-corrected chi connectivity index (χ1v) is 8.31. The minimum atomic E-state index is 0.704. The maximum absolute atomic E-state index is 5.75. The molecule has 1 saturated heterocycles. The molecular weight excluding hydrogens is 290 g/mol. The average molecular weight is 315 g/mol. The summed E-state index contributed by atoms with van der Waals surface area (Å²) in [4.78, 5) is 4.92. The van der Waals surface area contributed by atoms with Gasteiger partial charge in [0.1, 0.15) is 17.9 Å². The van der Waals surface area contributed by atoms with Gasteiger partial charge in [-0.1, -0.05) is 12.1 Å². The van der Waals surface area contributed by atoms with E-state index in [4.69, 9.17) is 4.74 Å². The fraction of sp³-hybridized carbons (Fsp3) is 0.529. The van der Waals surface area contributed by atoms with Gasteiger partial charge < -0.3 is 14.2 Å². The number of benzene rings is 1. The number of aromatic nitrogens is 3. The van der Waals surface area contributed by atoms with Crippen molar-refractivity contribution in [2.45, 2.75) is 20.4 Å². The number of aryl methyl sites for hydroxylation is 1. The standard InChI is InChI=1S/C17H25N5O/c1-3-23-17-7-5-4-6-16(17)21-11-8-20(9-12-21)10-13-22-14-18-19-15(22)2/h4-7,14H,3,8-13H2,1-2H3. The van der Waals surface area contributed by atoms with E-state index in [1.54, 1.807) is 0 Å². The van der Waals surface area contributed by atoms with Crippen molar-refractivity contribution in [3.63, 3.8) is 0 Å². The summed E-state index contributed by atoms with van der Waals surface area (Å²) < 4.78 is 7.86. The first-order chi connectivity index (χ1) is 11.3. The summed E-state index contributed by atoms with van der Waals surface area (Å²) in [6.07, 6.45) is 1.81. The molecule has 0 saturated carbocycles. The zero-order valence-electron chi connectivity index (χ0n) is 14.0. The van der Waals surface area contributed by atoms with Crippen LogP contribution in [0.15, 0.2) is 30.6 Å². The van der Waals surface area contributed by atoms with Crippen molar-refractivity contribution in [2.75, 3.05) is 44.2 Å². The molecule has 0 bridgehead atoms. The fourth-order valence-corrected chi connectivity index (χ4v) is 2.99. The number of rotatable bonds is 6. The third-order valence-corrected chi connectivity index (χ3v) is 4.34. The Morgan fingerprint density at radius 3 is 2.57 bits per heavy atom. The summed E-state index contributed by atoms with van der Waals surface area (Å²) in [6.45, 7) is 10.9. The highest BCUT2D eigenvalue weighted by atomic mass is 16.5. The van der Waals surface area contributed by atoms with E-state index in [0.717, 1.165) is 50.8 Å². The maximum atomic E-state index is 5.75. The zero-order valence-corrected chi connectivity index (χ0v) is 14.0. The van der Waals surface area contributed by atoms with Crippen molar-refractivity contribution in [3.05, 3.63) is 36.4 Å². The van der Waals surface area contributed by atoms with Crippen LogP contribution in [0.4, 0.5) is 5.69 Å². The Morgan fingerprint density at radius 1 is 1.09 bits per heavy atom. The molecule has 0 radical (unpaired) electrons. The number of piperazine rings is 1. The van der Waals surface area contributed by atoms with Gasteiger partial charge in [0.15, 0.2) is 0 Å². The van der Waals surface area contributed by atoms with Gasteiger partial charge in [-0.15, -0.1) is 10.2 Å². The van der Waals surface area contributed by atoms with Crippen molar-refractivity contribution in [2.24, 2.45) is 0 Å². The maximum Gasteiger partial charge on any atom is 0.142 e. The van der Waals surface area contributed by atoms with E-state index < -0.39 is 0 Å². The van der Waals surface area contributed by atoms with Crippen LogP contribution in [0.1, 0.15) is 12.7 Å². The smallest absolute Gasteiger partial charge is 0.142 e. The third-order valence-electron chi connectivity index (χ3n) is 4.34. The normalized spacial score (nSPS) is 15.8. The molecule has 0 N–H and O–H groups in total. The van der Waals surface area contributed by atoms with Gasteiger partial charge in [-0.3, -0.25) is 4.90 Å². The van der Waals surface area contributed by atoms with Crippen molar-refractivity contribution >= 4 is 5.69 Å². The SMILES string of the molecule is CCOc1ccccc1N1CCN(CCn2cnnc2C)CC1. The van der Waals surface area contributed by atoms with Crippen molar-refractivity contribution in [1.82, 2.24) is 19.7 Å². The fourth-order valence-electron chi connectivity index (χ4n) is 2.99. The number of nitrogens with zero attached hydrogens (tertiary/aromatic N) is 5. The molecule has 23 heavy (non-hydrogen) atoms. The van der Waals surface area contributed by atoms with Crippen LogP contribution in [0, 0.1) is 6.92 Å². The second-order valence-corrected chi connectivity index (χ2v) is 5.80. The first-order valence-electron chi connectivity index (χ1n) is 8.31. The van der Waals surface area contributed by atoms with E-state index in [0.29, 0.717) is 6.61 Å². The summed E-state index contributed by atoms with van der Waals surface area (Å²) in [5, 5.41) is 7.97. The van der Waals surface area contributed by atoms with Gasteiger partial charge in [-0.25, -0.2) is 0 Å². The van der Waals surface area contributed by atoms with Crippen LogP contribution in [-0.2, 0) is 6.54 Å². The molecule has 6 heteroatoms. The molecule has 124 valence electrons. The van der Waals surface area contributed by atoms with Crippen molar-refractivity contribution in [3.8, 4) is 5.75 Å². The van der Waals surface area contributed by atoms with Crippen LogP contribution in [0.3, 0.4) is 0 Å². The third kappa shape index (κ3) is 3.82. The molecule has 1 aliphatic heterocycles. The summed E-state index contributed by atoms with van der Waals surface area (Å²) in [7, 11) is 0. The summed E-state index contributed by atoms with van der Waals surface area (Å²) in [6, 6.07) is 8.33. The average Bonchev–Trinajstić information content (AvgIpc) is 2.99. The molecule has 3 rings (SSSR count). The molecule has 1 aromatic heterocycles. The lowest BCUT2D eigenvalue weighted by atomic mass is 10.2. The Kier molecular flexibility index (Phi) is 5.12. The lowest BCUT2D eigenvalue weighted by molar-refractivity contribution is 0.246. The van der Waals surface area contributed by atoms with E-state index in [-0.39, 0.29) is 0 Å². The van der Waals surface area contributed by atoms with Crippen LogP contribution in [0.2, 0.25) is 0 Å². The lowest BCUT2D eigenvalue weighted by Crippen LogP contribution is -2.47. The Morgan fingerprint density at radius 2 is 1.87 bits per heavy atom. The van der Waals surface area contributed by atoms with E-state index in [1.807, 2.05) is 26.2 Å². The topological polar surface area (TPSA) is 46.4 Å². The van der Waals surface area contributed by atoms with Gasteiger partial charge in [0.2, 0.25) is 0 Å². The first kappa shape index (κ1) is 15.8. The van der Waals surface area contributed by atoms with E-state index >= 15 is 0 Å². The molecule has 0 atom stereocenters. The largest absolute Gasteiger partial charge is 0.492 e.